The minimum absolute atomic E-state index is 0.0486. The molecule has 1 atom stereocenters. The molecule has 9 heteroatoms. The number of para-hydroxylation sites is 2. The largest absolute Gasteiger partial charge is 0.495 e. The second-order valence-corrected chi connectivity index (χ2v) is 7.86. The second kappa shape index (κ2) is 9.29. The molecule has 3 rings (SSSR count). The highest BCUT2D eigenvalue weighted by molar-refractivity contribution is 8.14. The third kappa shape index (κ3) is 4.59. The lowest BCUT2D eigenvalue weighted by atomic mass is 10.2. The number of benzene rings is 1. The van der Waals surface area contributed by atoms with Crippen LogP contribution >= 0.6 is 11.8 Å². The summed E-state index contributed by atoms with van der Waals surface area (Å²) in [6.07, 6.45) is 0. The van der Waals surface area contributed by atoms with Crippen LogP contribution in [0.15, 0.2) is 24.3 Å². The Labute approximate surface area is 169 Å². The smallest absolute Gasteiger partial charge is 0.288 e. The van der Waals surface area contributed by atoms with Gasteiger partial charge >= 0.3 is 0 Å². The number of carbonyl (C=O) groups excluding carboxylic acids is 3. The molecule has 3 amide bonds. The van der Waals surface area contributed by atoms with E-state index in [1.54, 1.807) is 7.11 Å². The number of rotatable bonds is 7. The summed E-state index contributed by atoms with van der Waals surface area (Å²) in [5.41, 5.74) is 1.08. The van der Waals surface area contributed by atoms with Gasteiger partial charge in [0, 0.05) is 13.1 Å². The molecule has 28 heavy (non-hydrogen) atoms. The van der Waals surface area contributed by atoms with E-state index in [1.165, 1.54) is 9.80 Å². The van der Waals surface area contributed by atoms with Crippen LogP contribution in [0.4, 0.5) is 10.5 Å². The van der Waals surface area contributed by atoms with Gasteiger partial charge in [0.2, 0.25) is 5.91 Å². The van der Waals surface area contributed by atoms with Gasteiger partial charge in [-0.3, -0.25) is 19.3 Å². The summed E-state index contributed by atoms with van der Waals surface area (Å²) in [6.45, 7) is 5.86. The molecule has 0 saturated carbocycles. The molecular weight excluding hydrogens is 380 g/mol. The van der Waals surface area contributed by atoms with Gasteiger partial charge in [0.25, 0.3) is 11.1 Å². The summed E-state index contributed by atoms with van der Waals surface area (Å²) in [4.78, 5) is 40.4. The molecule has 0 spiro atoms. The number of nitrogens with one attached hydrogen (secondary N) is 2. The average molecular weight is 408 g/mol. The highest BCUT2D eigenvalue weighted by Crippen LogP contribution is 2.27. The normalized spacial score (nSPS) is 19.1. The number of carbonyl (C=O) groups is 3. The molecule has 8 nitrogen and oxygen atoms in total. The van der Waals surface area contributed by atoms with E-state index in [-0.39, 0.29) is 35.4 Å². The van der Waals surface area contributed by atoms with Crippen molar-refractivity contribution in [2.75, 3.05) is 57.0 Å². The average Bonchev–Trinajstić information content (AvgIpc) is 3.05. The van der Waals surface area contributed by atoms with E-state index < -0.39 is 0 Å². The fourth-order valence-corrected chi connectivity index (χ4v) is 4.34. The lowest BCUT2D eigenvalue weighted by Gasteiger charge is -2.36. The monoisotopic (exact) mass is 407 g/mol. The van der Waals surface area contributed by atoms with Gasteiger partial charge in [-0.15, -0.1) is 0 Å². The third-order valence-electron chi connectivity index (χ3n) is 5.31. The van der Waals surface area contributed by atoms with Crippen LogP contribution in [0.5, 0.6) is 5.75 Å². The van der Waals surface area contributed by atoms with E-state index in [2.05, 4.69) is 16.3 Å². The van der Waals surface area contributed by atoms with E-state index >= 15 is 0 Å². The summed E-state index contributed by atoms with van der Waals surface area (Å²) >= 11 is 1.01. The standard InChI is InChI=1S/C19H26N4O4S/c1-14(18(25)20-7-8-23-17(24)13-28-19(23)26)21-9-11-22(12-10-21)15-5-3-4-6-16(15)27-2/h3-6,14H,7-13H2,1-2H3,(H,20,25)/p+1/t14-/m0/s1. The molecule has 2 N–H and O–H groups in total. The Morgan fingerprint density at radius 1 is 1.29 bits per heavy atom. The minimum Gasteiger partial charge on any atom is -0.495 e. The first-order valence-corrected chi connectivity index (χ1v) is 10.5. The minimum atomic E-state index is -0.231. The van der Waals surface area contributed by atoms with Gasteiger partial charge in [0.15, 0.2) is 6.04 Å². The number of thioether (sulfide) groups is 1. The van der Waals surface area contributed by atoms with Gasteiger partial charge in [-0.05, 0) is 19.1 Å². The van der Waals surface area contributed by atoms with Gasteiger partial charge in [0.1, 0.15) is 5.75 Å². The van der Waals surface area contributed by atoms with E-state index in [0.717, 1.165) is 49.4 Å². The number of amides is 3. The molecule has 0 bridgehead atoms. The molecule has 2 fully saturated rings. The Bertz CT molecular complexity index is 720. The highest BCUT2D eigenvalue weighted by atomic mass is 32.2. The van der Waals surface area contributed by atoms with Crippen LogP contribution in [0.3, 0.4) is 0 Å². The van der Waals surface area contributed by atoms with Crippen molar-refractivity contribution in [3.63, 3.8) is 0 Å². The highest BCUT2D eigenvalue weighted by Gasteiger charge is 2.31. The first kappa shape index (κ1) is 20.5. The number of ether oxygens (including phenoxy) is 1. The molecule has 2 aliphatic rings. The SMILES string of the molecule is COc1ccccc1N1CC[NH+]([C@@H](C)C(=O)NCCN2C(=O)CSC2=O)CC1. The Kier molecular flexibility index (Phi) is 6.79. The first-order chi connectivity index (χ1) is 13.5. The Morgan fingerprint density at radius 3 is 2.64 bits per heavy atom. The fraction of sp³-hybridized carbons (Fsp3) is 0.526. The van der Waals surface area contributed by atoms with Crippen LogP contribution in [-0.4, -0.2) is 80.1 Å². The van der Waals surface area contributed by atoms with E-state index in [9.17, 15) is 14.4 Å². The number of hydrogen-bond donors (Lipinski definition) is 2. The summed E-state index contributed by atoms with van der Waals surface area (Å²) in [5.74, 6) is 0.827. The van der Waals surface area contributed by atoms with Crippen molar-refractivity contribution in [2.45, 2.75) is 13.0 Å². The van der Waals surface area contributed by atoms with E-state index in [0.29, 0.717) is 6.54 Å². The van der Waals surface area contributed by atoms with Gasteiger partial charge in [-0.2, -0.15) is 0 Å². The number of methoxy groups -OCH3 is 1. The van der Waals surface area contributed by atoms with Crippen LogP contribution in [0.25, 0.3) is 0 Å². The maximum atomic E-state index is 12.5. The van der Waals surface area contributed by atoms with Gasteiger partial charge < -0.3 is 19.9 Å². The zero-order chi connectivity index (χ0) is 20.1. The number of quaternary nitrogens is 1. The second-order valence-electron chi connectivity index (χ2n) is 6.93. The van der Waals surface area contributed by atoms with Crippen molar-refractivity contribution >= 4 is 34.5 Å². The van der Waals surface area contributed by atoms with Gasteiger partial charge in [-0.25, -0.2) is 0 Å². The quantitative estimate of drug-likeness (QED) is 0.640. The van der Waals surface area contributed by atoms with Crippen molar-refractivity contribution in [2.24, 2.45) is 0 Å². The summed E-state index contributed by atoms with van der Waals surface area (Å²) in [7, 11) is 1.68. The molecule has 2 heterocycles. The third-order valence-corrected chi connectivity index (χ3v) is 6.17. The molecule has 0 unspecified atom stereocenters. The van der Waals surface area contributed by atoms with Crippen molar-refractivity contribution < 1.29 is 24.0 Å². The van der Waals surface area contributed by atoms with Crippen molar-refractivity contribution in [1.82, 2.24) is 10.2 Å². The summed E-state index contributed by atoms with van der Waals surface area (Å²) in [5, 5.41) is 2.63. The maximum Gasteiger partial charge on any atom is 0.288 e. The first-order valence-electron chi connectivity index (χ1n) is 9.48. The molecule has 152 valence electrons. The lowest BCUT2D eigenvalue weighted by molar-refractivity contribution is -0.914. The number of imide groups is 1. The number of hydrogen-bond acceptors (Lipinski definition) is 6. The van der Waals surface area contributed by atoms with Crippen LogP contribution in [0.1, 0.15) is 6.92 Å². The topological polar surface area (TPSA) is 83.4 Å². The molecule has 0 aliphatic carbocycles. The van der Waals surface area contributed by atoms with Crippen LogP contribution in [-0.2, 0) is 9.59 Å². The molecule has 0 radical (unpaired) electrons. The number of anilines is 1. The Morgan fingerprint density at radius 2 is 2.00 bits per heavy atom. The predicted molar refractivity (Wildman–Crippen MR) is 108 cm³/mol. The molecule has 1 aromatic carbocycles. The van der Waals surface area contributed by atoms with Crippen molar-refractivity contribution in [3.8, 4) is 5.75 Å². The van der Waals surface area contributed by atoms with Crippen LogP contribution in [0.2, 0.25) is 0 Å². The van der Waals surface area contributed by atoms with Gasteiger partial charge in [-0.1, -0.05) is 23.9 Å². The number of piperazine rings is 1. The van der Waals surface area contributed by atoms with Crippen molar-refractivity contribution in [1.29, 1.82) is 0 Å². The Balaban J connectivity index is 1.45. The molecule has 1 aromatic rings. The zero-order valence-corrected chi connectivity index (χ0v) is 17.1. The van der Waals surface area contributed by atoms with E-state index in [4.69, 9.17) is 4.74 Å². The van der Waals surface area contributed by atoms with Crippen molar-refractivity contribution in [3.05, 3.63) is 24.3 Å². The summed E-state index contributed by atoms with van der Waals surface area (Å²) < 4.78 is 5.45. The van der Waals surface area contributed by atoms with Crippen LogP contribution < -0.4 is 19.9 Å². The zero-order valence-electron chi connectivity index (χ0n) is 16.3. The predicted octanol–water partition coefficient (Wildman–Crippen LogP) is -0.400. The van der Waals surface area contributed by atoms with Gasteiger partial charge in [0.05, 0.1) is 44.7 Å². The lowest BCUT2D eigenvalue weighted by Crippen LogP contribution is -3.19. The Hall–Kier alpha value is -2.26. The molecule has 2 aliphatic heterocycles. The van der Waals surface area contributed by atoms with Crippen LogP contribution in [0, 0.1) is 0 Å². The maximum absolute atomic E-state index is 12.5. The van der Waals surface area contributed by atoms with E-state index in [1.807, 2.05) is 25.1 Å². The molecule has 0 aromatic heterocycles. The fourth-order valence-electron chi connectivity index (χ4n) is 3.59. The number of nitrogens with zero attached hydrogens (tertiary/aromatic N) is 2. The molecular formula is C19H27N4O4S+. The summed E-state index contributed by atoms with van der Waals surface area (Å²) in [6, 6.07) is 7.79. The molecule has 2 saturated heterocycles.